The average Bonchev–Trinajstić information content (AvgIpc) is 2.91. The normalized spacial score (nSPS) is 10.7. The fraction of sp³-hybridized carbons (Fsp3) is 0.188. The molecule has 0 aliphatic carbocycles. The lowest BCUT2D eigenvalue weighted by Gasteiger charge is -2.06. The number of rotatable bonds is 5. The summed E-state index contributed by atoms with van der Waals surface area (Å²) in [5.41, 5.74) is 1.81. The van der Waals surface area contributed by atoms with Crippen molar-refractivity contribution in [3.8, 4) is 0 Å². The summed E-state index contributed by atoms with van der Waals surface area (Å²) in [6, 6.07) is 12.4. The standard InChI is InChI=1S/C16H16N4O3/c1-23-15(21)12-5-7-13(8-6-12)17-9-11-20-16(22)19-10-3-2-4-14(19)18-20/h2-8,10,17H,9,11H2,1H3. The predicted molar refractivity (Wildman–Crippen MR) is 85.7 cm³/mol. The Bertz CT molecular complexity index is 880. The van der Waals surface area contributed by atoms with Gasteiger partial charge in [-0.05, 0) is 36.4 Å². The molecule has 0 radical (unpaired) electrons. The van der Waals surface area contributed by atoms with Gasteiger partial charge in [0, 0.05) is 18.4 Å². The Hall–Kier alpha value is -3.09. The van der Waals surface area contributed by atoms with Crippen molar-refractivity contribution in [1.82, 2.24) is 14.2 Å². The van der Waals surface area contributed by atoms with Gasteiger partial charge in [-0.25, -0.2) is 14.3 Å². The third-order valence-electron chi connectivity index (χ3n) is 3.45. The molecule has 3 aromatic rings. The first kappa shape index (κ1) is 14.8. The molecule has 2 heterocycles. The van der Waals surface area contributed by atoms with Crippen LogP contribution in [0.5, 0.6) is 0 Å². The number of carbonyl (C=O) groups excluding carboxylic acids is 1. The van der Waals surface area contributed by atoms with Gasteiger partial charge in [-0.15, -0.1) is 5.10 Å². The second-order valence-corrected chi connectivity index (χ2v) is 4.93. The van der Waals surface area contributed by atoms with Gasteiger partial charge in [-0.2, -0.15) is 0 Å². The molecule has 7 heteroatoms. The van der Waals surface area contributed by atoms with E-state index in [4.69, 9.17) is 0 Å². The summed E-state index contributed by atoms with van der Waals surface area (Å²) in [5, 5.41) is 7.45. The van der Waals surface area contributed by atoms with Crippen LogP contribution in [0.4, 0.5) is 5.69 Å². The van der Waals surface area contributed by atoms with Crippen molar-refractivity contribution >= 4 is 17.3 Å². The van der Waals surface area contributed by atoms with Crippen molar-refractivity contribution in [3.63, 3.8) is 0 Å². The average molecular weight is 312 g/mol. The minimum Gasteiger partial charge on any atom is -0.465 e. The van der Waals surface area contributed by atoms with Crippen molar-refractivity contribution in [1.29, 1.82) is 0 Å². The summed E-state index contributed by atoms with van der Waals surface area (Å²) < 4.78 is 7.58. The Morgan fingerprint density at radius 1 is 1.22 bits per heavy atom. The number of benzene rings is 1. The summed E-state index contributed by atoms with van der Waals surface area (Å²) in [6.45, 7) is 0.987. The van der Waals surface area contributed by atoms with Crippen LogP contribution in [0, 0.1) is 0 Å². The number of nitrogens with zero attached hydrogens (tertiary/aromatic N) is 3. The number of fused-ring (bicyclic) bond motifs is 1. The fourth-order valence-electron chi connectivity index (χ4n) is 2.26. The molecule has 118 valence electrons. The summed E-state index contributed by atoms with van der Waals surface area (Å²) >= 11 is 0. The number of aromatic nitrogens is 3. The van der Waals surface area contributed by atoms with Crippen LogP contribution in [0.25, 0.3) is 5.65 Å². The number of hydrogen-bond acceptors (Lipinski definition) is 5. The fourth-order valence-corrected chi connectivity index (χ4v) is 2.26. The van der Waals surface area contributed by atoms with Gasteiger partial charge in [0.15, 0.2) is 5.65 Å². The summed E-state index contributed by atoms with van der Waals surface area (Å²) in [5.74, 6) is -0.368. The molecule has 1 aromatic carbocycles. The molecule has 0 aliphatic heterocycles. The number of pyridine rings is 1. The van der Waals surface area contributed by atoms with Crippen LogP contribution in [0.2, 0.25) is 0 Å². The highest BCUT2D eigenvalue weighted by Crippen LogP contribution is 2.10. The maximum absolute atomic E-state index is 12.1. The van der Waals surface area contributed by atoms with Crippen LogP contribution in [-0.4, -0.2) is 33.8 Å². The van der Waals surface area contributed by atoms with Crippen LogP contribution in [0.15, 0.2) is 53.5 Å². The van der Waals surface area contributed by atoms with Crippen molar-refractivity contribution in [2.24, 2.45) is 0 Å². The van der Waals surface area contributed by atoms with E-state index in [1.54, 1.807) is 42.6 Å². The van der Waals surface area contributed by atoms with Gasteiger partial charge in [0.2, 0.25) is 0 Å². The molecule has 0 atom stereocenters. The highest BCUT2D eigenvalue weighted by Gasteiger charge is 2.06. The maximum Gasteiger partial charge on any atom is 0.350 e. The first-order valence-electron chi connectivity index (χ1n) is 7.15. The summed E-state index contributed by atoms with van der Waals surface area (Å²) in [4.78, 5) is 23.5. The monoisotopic (exact) mass is 312 g/mol. The number of carbonyl (C=O) groups is 1. The Balaban J connectivity index is 1.63. The van der Waals surface area contributed by atoms with E-state index in [1.165, 1.54) is 16.2 Å². The topological polar surface area (TPSA) is 77.6 Å². The van der Waals surface area contributed by atoms with E-state index in [0.717, 1.165) is 5.69 Å². The SMILES string of the molecule is COC(=O)c1ccc(NCCn2nc3ccccn3c2=O)cc1. The first-order valence-corrected chi connectivity index (χ1v) is 7.15. The molecule has 0 spiro atoms. The lowest BCUT2D eigenvalue weighted by atomic mass is 10.2. The summed E-state index contributed by atoms with van der Waals surface area (Å²) in [7, 11) is 1.35. The van der Waals surface area contributed by atoms with E-state index in [-0.39, 0.29) is 11.7 Å². The number of methoxy groups -OCH3 is 1. The molecule has 2 aromatic heterocycles. The molecule has 1 N–H and O–H groups in total. The molecule has 0 bridgehead atoms. The second kappa shape index (κ2) is 6.35. The van der Waals surface area contributed by atoms with Crippen LogP contribution in [-0.2, 0) is 11.3 Å². The van der Waals surface area contributed by atoms with E-state index in [9.17, 15) is 9.59 Å². The first-order chi connectivity index (χ1) is 11.2. The van der Waals surface area contributed by atoms with Gasteiger partial charge in [-0.3, -0.25) is 4.40 Å². The van der Waals surface area contributed by atoms with E-state index < -0.39 is 0 Å². The molecule has 0 amide bonds. The van der Waals surface area contributed by atoms with E-state index in [2.05, 4.69) is 15.2 Å². The van der Waals surface area contributed by atoms with Gasteiger partial charge in [0.05, 0.1) is 19.2 Å². The third kappa shape index (κ3) is 3.08. The predicted octanol–water partition coefficient (Wildman–Crippen LogP) is 1.39. The molecular formula is C16H16N4O3. The molecule has 3 rings (SSSR count). The van der Waals surface area contributed by atoms with Crippen LogP contribution >= 0.6 is 0 Å². The van der Waals surface area contributed by atoms with Crippen LogP contribution < -0.4 is 11.0 Å². The number of hydrogen-bond donors (Lipinski definition) is 1. The summed E-state index contributed by atoms with van der Waals surface area (Å²) in [6.07, 6.45) is 1.69. The van der Waals surface area contributed by atoms with Gasteiger partial charge in [0.1, 0.15) is 0 Å². The maximum atomic E-state index is 12.1. The van der Waals surface area contributed by atoms with Crippen LogP contribution in [0.3, 0.4) is 0 Å². The number of nitrogens with one attached hydrogen (secondary N) is 1. The van der Waals surface area contributed by atoms with Crippen LogP contribution in [0.1, 0.15) is 10.4 Å². The van der Waals surface area contributed by atoms with Crippen molar-refractivity contribution in [2.45, 2.75) is 6.54 Å². The third-order valence-corrected chi connectivity index (χ3v) is 3.45. The van der Waals surface area contributed by atoms with E-state index >= 15 is 0 Å². The Morgan fingerprint density at radius 3 is 2.70 bits per heavy atom. The lowest BCUT2D eigenvalue weighted by molar-refractivity contribution is 0.0601. The van der Waals surface area contributed by atoms with Gasteiger partial charge in [0.25, 0.3) is 0 Å². The number of ether oxygens (including phenoxy) is 1. The minimum absolute atomic E-state index is 0.163. The minimum atomic E-state index is -0.368. The lowest BCUT2D eigenvalue weighted by Crippen LogP contribution is -2.24. The zero-order valence-electron chi connectivity index (χ0n) is 12.6. The van der Waals surface area contributed by atoms with Gasteiger partial charge >= 0.3 is 11.7 Å². The molecule has 7 nitrogen and oxygen atoms in total. The largest absolute Gasteiger partial charge is 0.465 e. The Labute approximate surface area is 132 Å². The number of anilines is 1. The quantitative estimate of drug-likeness (QED) is 0.721. The molecule has 0 aliphatic rings. The number of esters is 1. The Morgan fingerprint density at radius 2 is 2.00 bits per heavy atom. The highest BCUT2D eigenvalue weighted by molar-refractivity contribution is 5.89. The second-order valence-electron chi connectivity index (χ2n) is 4.93. The van der Waals surface area contributed by atoms with Gasteiger partial charge < -0.3 is 10.1 Å². The molecule has 23 heavy (non-hydrogen) atoms. The van der Waals surface area contributed by atoms with E-state index in [1.807, 2.05) is 6.07 Å². The molecule has 0 fully saturated rings. The van der Waals surface area contributed by atoms with Gasteiger partial charge in [-0.1, -0.05) is 6.07 Å². The molecule has 0 unspecified atom stereocenters. The van der Waals surface area contributed by atoms with Crippen molar-refractivity contribution in [2.75, 3.05) is 19.0 Å². The van der Waals surface area contributed by atoms with Crippen molar-refractivity contribution < 1.29 is 9.53 Å². The van der Waals surface area contributed by atoms with Crippen molar-refractivity contribution in [3.05, 3.63) is 64.7 Å². The smallest absolute Gasteiger partial charge is 0.350 e. The highest BCUT2D eigenvalue weighted by atomic mass is 16.5. The molecule has 0 saturated heterocycles. The Kier molecular flexibility index (Phi) is 4.09. The molecular weight excluding hydrogens is 296 g/mol. The van der Waals surface area contributed by atoms with E-state index in [0.29, 0.717) is 24.3 Å². The zero-order valence-corrected chi connectivity index (χ0v) is 12.6. The molecule has 0 saturated carbocycles. The zero-order chi connectivity index (χ0) is 16.2.